The molecule has 0 spiro atoms. The third kappa shape index (κ3) is 4.57. The van der Waals surface area contributed by atoms with Crippen molar-refractivity contribution in [1.29, 1.82) is 0 Å². The first-order valence-electron chi connectivity index (χ1n) is 8.65. The molecule has 3 rings (SSSR count). The minimum atomic E-state index is 0.0274. The lowest BCUT2D eigenvalue weighted by molar-refractivity contribution is -0.121. The summed E-state index contributed by atoms with van der Waals surface area (Å²) in [5.41, 5.74) is 1.02. The van der Waals surface area contributed by atoms with Crippen LogP contribution in [0.25, 0.3) is 0 Å². The Morgan fingerprint density at radius 1 is 1.33 bits per heavy atom. The van der Waals surface area contributed by atoms with Gasteiger partial charge in [0.25, 0.3) is 0 Å². The number of pyridine rings is 1. The molecule has 0 saturated carbocycles. The van der Waals surface area contributed by atoms with Crippen LogP contribution in [0.15, 0.2) is 36.8 Å². The van der Waals surface area contributed by atoms with Gasteiger partial charge in [0.2, 0.25) is 5.91 Å². The number of hydrogen-bond acceptors (Lipinski definition) is 4. The van der Waals surface area contributed by atoms with Crippen molar-refractivity contribution in [2.45, 2.75) is 39.3 Å². The normalized spacial score (nSPS) is 15.5. The fraction of sp³-hybridized carbons (Fsp3) is 0.500. The number of carbonyl (C=O) groups is 1. The Bertz CT molecular complexity index is 630. The van der Waals surface area contributed by atoms with Crippen LogP contribution in [0.5, 0.6) is 0 Å². The molecule has 1 aliphatic heterocycles. The van der Waals surface area contributed by atoms with Gasteiger partial charge in [-0.25, -0.2) is 4.98 Å². The minimum Gasteiger partial charge on any atom is -0.357 e. The van der Waals surface area contributed by atoms with E-state index in [1.807, 2.05) is 24.5 Å². The fourth-order valence-corrected chi connectivity index (χ4v) is 2.88. The summed E-state index contributed by atoms with van der Waals surface area (Å²) in [5, 5.41) is 7.02. The second-order valence-corrected chi connectivity index (χ2v) is 6.49. The van der Waals surface area contributed by atoms with E-state index in [2.05, 4.69) is 33.3 Å². The van der Waals surface area contributed by atoms with Gasteiger partial charge in [0.15, 0.2) is 0 Å². The Balaban J connectivity index is 1.43. The maximum Gasteiger partial charge on any atom is 0.222 e. The lowest BCUT2D eigenvalue weighted by Gasteiger charge is -2.31. The topological polar surface area (TPSA) is 63.1 Å². The van der Waals surface area contributed by atoms with E-state index in [4.69, 9.17) is 0 Å². The Kier molecular flexibility index (Phi) is 5.46. The maximum absolute atomic E-state index is 11.9. The zero-order valence-corrected chi connectivity index (χ0v) is 14.2. The standard InChI is InChI=1S/C18H25N5O/c1-15-5-10-22(11-6-15)17-4-3-16(13-19-17)14-20-18(24)7-12-23-9-2-8-21-23/h2-4,8-9,13,15H,5-7,10-12,14H2,1H3,(H,20,24). The van der Waals surface area contributed by atoms with Crippen LogP contribution in [0.1, 0.15) is 31.7 Å². The first-order chi connectivity index (χ1) is 11.7. The first kappa shape index (κ1) is 16.5. The van der Waals surface area contributed by atoms with Crippen LogP contribution in [-0.4, -0.2) is 33.8 Å². The zero-order valence-electron chi connectivity index (χ0n) is 14.2. The number of amides is 1. The molecule has 0 bridgehead atoms. The molecule has 6 heteroatoms. The molecular weight excluding hydrogens is 302 g/mol. The molecule has 6 nitrogen and oxygen atoms in total. The van der Waals surface area contributed by atoms with Gasteiger partial charge in [-0.2, -0.15) is 5.10 Å². The molecule has 3 heterocycles. The van der Waals surface area contributed by atoms with E-state index in [1.165, 1.54) is 12.8 Å². The van der Waals surface area contributed by atoms with Crippen molar-refractivity contribution < 1.29 is 4.79 Å². The summed E-state index contributed by atoms with van der Waals surface area (Å²) < 4.78 is 1.76. The van der Waals surface area contributed by atoms with E-state index in [0.717, 1.165) is 30.4 Å². The largest absolute Gasteiger partial charge is 0.357 e. The van der Waals surface area contributed by atoms with Crippen LogP contribution in [0.4, 0.5) is 5.82 Å². The van der Waals surface area contributed by atoms with E-state index in [9.17, 15) is 4.79 Å². The molecule has 1 aliphatic rings. The molecule has 0 unspecified atom stereocenters. The maximum atomic E-state index is 11.9. The second kappa shape index (κ2) is 7.95. The summed E-state index contributed by atoms with van der Waals surface area (Å²) in [4.78, 5) is 18.8. The Morgan fingerprint density at radius 2 is 2.17 bits per heavy atom. The van der Waals surface area contributed by atoms with Gasteiger partial charge in [-0.15, -0.1) is 0 Å². The SMILES string of the molecule is CC1CCN(c2ccc(CNC(=O)CCn3cccn3)cn2)CC1. The number of aromatic nitrogens is 3. The van der Waals surface area contributed by atoms with Gasteiger partial charge < -0.3 is 10.2 Å². The van der Waals surface area contributed by atoms with Crippen LogP contribution >= 0.6 is 0 Å². The van der Waals surface area contributed by atoms with E-state index >= 15 is 0 Å². The van der Waals surface area contributed by atoms with Crippen LogP contribution < -0.4 is 10.2 Å². The molecule has 2 aromatic rings. The number of nitrogens with zero attached hydrogens (tertiary/aromatic N) is 4. The number of hydrogen-bond donors (Lipinski definition) is 1. The van der Waals surface area contributed by atoms with Crippen molar-refractivity contribution >= 4 is 11.7 Å². The second-order valence-electron chi connectivity index (χ2n) is 6.49. The van der Waals surface area contributed by atoms with Crippen molar-refractivity contribution in [2.24, 2.45) is 5.92 Å². The predicted octanol–water partition coefficient (Wildman–Crippen LogP) is 2.22. The van der Waals surface area contributed by atoms with Crippen molar-refractivity contribution in [3.8, 4) is 0 Å². The molecule has 1 saturated heterocycles. The average molecular weight is 327 g/mol. The number of nitrogens with one attached hydrogen (secondary N) is 1. The minimum absolute atomic E-state index is 0.0274. The number of anilines is 1. The van der Waals surface area contributed by atoms with Crippen LogP contribution in [-0.2, 0) is 17.9 Å². The summed E-state index contributed by atoms with van der Waals surface area (Å²) in [6, 6.07) is 5.96. The zero-order chi connectivity index (χ0) is 16.8. The van der Waals surface area contributed by atoms with Gasteiger partial charge in [-0.3, -0.25) is 9.48 Å². The summed E-state index contributed by atoms with van der Waals surface area (Å²) in [6.07, 6.45) is 8.33. The van der Waals surface area contributed by atoms with Gasteiger partial charge in [-0.1, -0.05) is 13.0 Å². The smallest absolute Gasteiger partial charge is 0.222 e. The van der Waals surface area contributed by atoms with Gasteiger partial charge in [0.05, 0.1) is 0 Å². The molecule has 24 heavy (non-hydrogen) atoms. The molecule has 1 fully saturated rings. The molecule has 0 aliphatic carbocycles. The highest BCUT2D eigenvalue weighted by Gasteiger charge is 2.16. The molecule has 1 amide bonds. The van der Waals surface area contributed by atoms with Gasteiger partial charge in [0, 0.05) is 51.2 Å². The molecule has 0 aromatic carbocycles. The highest BCUT2D eigenvalue weighted by Crippen LogP contribution is 2.21. The highest BCUT2D eigenvalue weighted by atomic mass is 16.1. The van der Waals surface area contributed by atoms with Gasteiger partial charge in [-0.05, 0) is 36.5 Å². The first-order valence-corrected chi connectivity index (χ1v) is 8.65. The molecule has 0 radical (unpaired) electrons. The van der Waals surface area contributed by atoms with E-state index in [1.54, 1.807) is 10.9 Å². The summed E-state index contributed by atoms with van der Waals surface area (Å²) in [7, 11) is 0. The van der Waals surface area contributed by atoms with Gasteiger partial charge in [0.1, 0.15) is 5.82 Å². The van der Waals surface area contributed by atoms with Crippen molar-refractivity contribution in [2.75, 3.05) is 18.0 Å². The quantitative estimate of drug-likeness (QED) is 0.884. The molecule has 2 aromatic heterocycles. The lowest BCUT2D eigenvalue weighted by atomic mass is 9.99. The molecule has 128 valence electrons. The summed E-state index contributed by atoms with van der Waals surface area (Å²) in [6.45, 7) is 5.59. The third-order valence-corrected chi connectivity index (χ3v) is 4.53. The third-order valence-electron chi connectivity index (χ3n) is 4.53. The summed E-state index contributed by atoms with van der Waals surface area (Å²) >= 11 is 0. The van der Waals surface area contributed by atoms with Crippen LogP contribution in [0.3, 0.4) is 0 Å². The van der Waals surface area contributed by atoms with Gasteiger partial charge >= 0.3 is 0 Å². The average Bonchev–Trinajstić information content (AvgIpc) is 3.13. The molecule has 1 N–H and O–H groups in total. The van der Waals surface area contributed by atoms with E-state index < -0.39 is 0 Å². The molecule has 0 atom stereocenters. The van der Waals surface area contributed by atoms with E-state index in [-0.39, 0.29) is 5.91 Å². The number of piperidine rings is 1. The number of rotatable bonds is 6. The van der Waals surface area contributed by atoms with Crippen molar-refractivity contribution in [1.82, 2.24) is 20.1 Å². The Labute approximate surface area is 142 Å². The Hall–Kier alpha value is -2.37. The van der Waals surface area contributed by atoms with Crippen LogP contribution in [0, 0.1) is 5.92 Å². The highest BCUT2D eigenvalue weighted by molar-refractivity contribution is 5.75. The van der Waals surface area contributed by atoms with Crippen LogP contribution in [0.2, 0.25) is 0 Å². The van der Waals surface area contributed by atoms with Crippen molar-refractivity contribution in [3.63, 3.8) is 0 Å². The Morgan fingerprint density at radius 3 is 2.83 bits per heavy atom. The molecular formula is C18H25N5O. The number of carbonyl (C=O) groups excluding carboxylic acids is 1. The lowest BCUT2D eigenvalue weighted by Crippen LogP contribution is -2.33. The van der Waals surface area contributed by atoms with E-state index in [0.29, 0.717) is 19.5 Å². The summed E-state index contributed by atoms with van der Waals surface area (Å²) in [5.74, 6) is 1.88. The fourth-order valence-electron chi connectivity index (χ4n) is 2.88. The van der Waals surface area contributed by atoms with Crippen molar-refractivity contribution in [3.05, 3.63) is 42.4 Å². The monoisotopic (exact) mass is 327 g/mol. The predicted molar refractivity (Wildman–Crippen MR) is 93.5 cm³/mol. The number of aryl methyl sites for hydroxylation is 1.